The maximum atomic E-state index is 14.5. The molecule has 0 unspecified atom stereocenters. The van der Waals surface area contributed by atoms with Crippen molar-refractivity contribution in [1.82, 2.24) is 4.90 Å². The summed E-state index contributed by atoms with van der Waals surface area (Å²) in [6.07, 6.45) is -4.31. The van der Waals surface area contributed by atoms with E-state index in [0.29, 0.717) is 64.2 Å². The van der Waals surface area contributed by atoms with Crippen LogP contribution in [0, 0.1) is 12.7 Å². The number of hydrogen-bond donors (Lipinski definition) is 0. The number of rotatable bonds is 6. The summed E-state index contributed by atoms with van der Waals surface area (Å²) in [5, 5.41) is 0.747. The van der Waals surface area contributed by atoms with E-state index in [1.54, 1.807) is 28.9 Å². The zero-order chi connectivity index (χ0) is 23.5. The van der Waals surface area contributed by atoms with Crippen molar-refractivity contribution < 1.29 is 27.1 Å². The minimum absolute atomic E-state index is 0.210. The SMILES string of the molecule is Cc1cc(F)c(N2CCN(C(=O)COc3ccc(Cl)cc3Cl)CC2)cc1SCC(F)(F)F. The van der Waals surface area contributed by atoms with Crippen LogP contribution in [0.4, 0.5) is 23.2 Å². The van der Waals surface area contributed by atoms with Gasteiger partial charge in [-0.1, -0.05) is 23.2 Å². The Morgan fingerprint density at radius 1 is 1.12 bits per heavy atom. The molecule has 11 heteroatoms. The number of aryl methyl sites for hydroxylation is 1. The maximum Gasteiger partial charge on any atom is 0.398 e. The lowest BCUT2D eigenvalue weighted by Gasteiger charge is -2.36. The van der Waals surface area contributed by atoms with Crippen LogP contribution in [-0.4, -0.2) is 55.5 Å². The number of anilines is 1. The van der Waals surface area contributed by atoms with Crippen molar-refractivity contribution in [3.63, 3.8) is 0 Å². The highest BCUT2D eigenvalue weighted by molar-refractivity contribution is 7.99. The van der Waals surface area contributed by atoms with Crippen molar-refractivity contribution in [3.8, 4) is 5.75 Å². The molecule has 1 aliphatic rings. The van der Waals surface area contributed by atoms with Crippen LogP contribution in [0.1, 0.15) is 5.56 Å². The van der Waals surface area contributed by atoms with Crippen molar-refractivity contribution in [3.05, 3.63) is 51.8 Å². The van der Waals surface area contributed by atoms with Crippen molar-refractivity contribution in [1.29, 1.82) is 0 Å². The second kappa shape index (κ2) is 10.4. The fourth-order valence-electron chi connectivity index (χ4n) is 3.22. The first-order chi connectivity index (χ1) is 15.0. The second-order valence-electron chi connectivity index (χ2n) is 7.20. The highest BCUT2D eigenvalue weighted by Crippen LogP contribution is 2.34. The number of carbonyl (C=O) groups excluding carboxylic acids is 1. The van der Waals surface area contributed by atoms with Crippen LogP contribution >= 0.6 is 35.0 Å². The fraction of sp³-hybridized carbons (Fsp3) is 0.381. The summed E-state index contributed by atoms with van der Waals surface area (Å²) in [6.45, 7) is 2.71. The molecule has 0 saturated carbocycles. The number of nitrogens with zero attached hydrogens (tertiary/aromatic N) is 2. The Labute approximate surface area is 197 Å². The smallest absolute Gasteiger partial charge is 0.398 e. The summed E-state index contributed by atoms with van der Waals surface area (Å²) in [7, 11) is 0. The number of amides is 1. The monoisotopic (exact) mass is 510 g/mol. The third-order valence-electron chi connectivity index (χ3n) is 4.85. The topological polar surface area (TPSA) is 32.8 Å². The summed E-state index contributed by atoms with van der Waals surface area (Å²) >= 11 is 12.5. The first kappa shape index (κ1) is 24.8. The van der Waals surface area contributed by atoms with Crippen LogP contribution in [0.2, 0.25) is 10.0 Å². The quantitative estimate of drug-likeness (QED) is 0.362. The maximum absolute atomic E-state index is 14.5. The summed E-state index contributed by atoms with van der Waals surface area (Å²) in [4.78, 5) is 16.2. The Kier molecular flexibility index (Phi) is 8.06. The number of halogens is 6. The number of carbonyl (C=O) groups is 1. The number of hydrogen-bond acceptors (Lipinski definition) is 4. The molecule has 0 atom stereocenters. The molecule has 0 bridgehead atoms. The minimum Gasteiger partial charge on any atom is -0.482 e. The average Bonchev–Trinajstić information content (AvgIpc) is 2.72. The van der Waals surface area contributed by atoms with Gasteiger partial charge < -0.3 is 14.5 Å². The lowest BCUT2D eigenvalue weighted by atomic mass is 10.2. The number of piperazine rings is 1. The number of alkyl halides is 3. The van der Waals surface area contributed by atoms with Crippen LogP contribution in [0.3, 0.4) is 0 Å². The molecule has 174 valence electrons. The molecule has 0 N–H and O–H groups in total. The van der Waals surface area contributed by atoms with E-state index < -0.39 is 17.7 Å². The van der Waals surface area contributed by atoms with E-state index in [1.807, 2.05) is 0 Å². The zero-order valence-electron chi connectivity index (χ0n) is 17.0. The molecule has 32 heavy (non-hydrogen) atoms. The predicted molar refractivity (Wildman–Crippen MR) is 119 cm³/mol. The molecule has 4 nitrogen and oxygen atoms in total. The summed E-state index contributed by atoms with van der Waals surface area (Å²) < 4.78 is 57.7. The van der Waals surface area contributed by atoms with Gasteiger partial charge in [-0.3, -0.25) is 4.79 Å². The molecule has 0 aromatic heterocycles. The third kappa shape index (κ3) is 6.59. The Bertz CT molecular complexity index is 983. The van der Waals surface area contributed by atoms with Gasteiger partial charge in [0.05, 0.1) is 16.5 Å². The molecular weight excluding hydrogens is 491 g/mol. The van der Waals surface area contributed by atoms with Crippen LogP contribution in [0.5, 0.6) is 5.75 Å². The van der Waals surface area contributed by atoms with Gasteiger partial charge >= 0.3 is 6.18 Å². The molecule has 0 aliphatic carbocycles. The summed E-state index contributed by atoms with van der Waals surface area (Å²) in [5.74, 6) is -1.45. The van der Waals surface area contributed by atoms with Crippen LogP contribution in [-0.2, 0) is 4.79 Å². The Morgan fingerprint density at radius 3 is 2.44 bits per heavy atom. The highest BCUT2D eigenvalue weighted by Gasteiger charge is 2.28. The Hall–Kier alpha value is -1.84. The lowest BCUT2D eigenvalue weighted by Crippen LogP contribution is -2.50. The van der Waals surface area contributed by atoms with E-state index in [-0.39, 0.29) is 18.2 Å². The van der Waals surface area contributed by atoms with Crippen LogP contribution in [0.25, 0.3) is 0 Å². The Morgan fingerprint density at radius 2 is 1.81 bits per heavy atom. The van der Waals surface area contributed by atoms with Gasteiger partial charge in [0.15, 0.2) is 6.61 Å². The van der Waals surface area contributed by atoms with Crippen molar-refractivity contribution >= 4 is 46.6 Å². The molecule has 1 amide bonds. The van der Waals surface area contributed by atoms with Crippen LogP contribution in [0.15, 0.2) is 35.2 Å². The fourth-order valence-corrected chi connectivity index (χ4v) is 4.48. The molecule has 0 radical (unpaired) electrons. The summed E-state index contributed by atoms with van der Waals surface area (Å²) in [6, 6.07) is 7.38. The number of ether oxygens (including phenoxy) is 1. The van der Waals surface area contributed by atoms with E-state index in [9.17, 15) is 22.4 Å². The van der Waals surface area contributed by atoms with Gasteiger partial charge in [0.1, 0.15) is 11.6 Å². The average molecular weight is 511 g/mol. The predicted octanol–water partition coefficient (Wildman–Crippen LogP) is 5.82. The van der Waals surface area contributed by atoms with Gasteiger partial charge in [-0.15, -0.1) is 11.8 Å². The van der Waals surface area contributed by atoms with E-state index in [1.165, 1.54) is 18.2 Å². The normalized spacial score (nSPS) is 14.6. The zero-order valence-corrected chi connectivity index (χ0v) is 19.3. The molecular formula is C21H20Cl2F4N2O2S. The largest absolute Gasteiger partial charge is 0.482 e. The lowest BCUT2D eigenvalue weighted by molar-refractivity contribution is -0.133. The first-order valence-electron chi connectivity index (χ1n) is 9.64. The van der Waals surface area contributed by atoms with Gasteiger partial charge in [0, 0.05) is 36.1 Å². The summed E-state index contributed by atoms with van der Waals surface area (Å²) in [5.41, 5.74) is 0.684. The molecule has 1 fully saturated rings. The third-order valence-corrected chi connectivity index (χ3v) is 6.61. The standard InChI is InChI=1S/C21H20Cl2F4N2O2S/c1-13-8-16(24)17(10-19(13)32-12-21(25,26)27)28-4-6-29(7-5-28)20(30)11-31-18-3-2-14(22)9-15(18)23/h2-3,8-10H,4-7,11-12H2,1H3. The van der Waals surface area contributed by atoms with E-state index in [4.69, 9.17) is 27.9 Å². The minimum atomic E-state index is -4.31. The molecule has 0 spiro atoms. The first-order valence-corrected chi connectivity index (χ1v) is 11.4. The van der Waals surface area contributed by atoms with Gasteiger partial charge in [-0.25, -0.2) is 4.39 Å². The van der Waals surface area contributed by atoms with Crippen molar-refractivity contribution in [2.45, 2.75) is 18.0 Å². The molecule has 1 aliphatic heterocycles. The highest BCUT2D eigenvalue weighted by atomic mass is 35.5. The molecule has 1 saturated heterocycles. The molecule has 2 aromatic carbocycles. The molecule has 3 rings (SSSR count). The van der Waals surface area contributed by atoms with Gasteiger partial charge in [0.25, 0.3) is 5.91 Å². The Balaban J connectivity index is 1.58. The van der Waals surface area contributed by atoms with E-state index >= 15 is 0 Å². The van der Waals surface area contributed by atoms with E-state index in [0.717, 1.165) is 0 Å². The number of thioether (sulfide) groups is 1. The number of benzene rings is 2. The van der Waals surface area contributed by atoms with Gasteiger partial charge in [-0.2, -0.15) is 13.2 Å². The second-order valence-corrected chi connectivity index (χ2v) is 9.07. The van der Waals surface area contributed by atoms with Crippen molar-refractivity contribution in [2.24, 2.45) is 0 Å². The van der Waals surface area contributed by atoms with Gasteiger partial charge in [0.2, 0.25) is 0 Å². The van der Waals surface area contributed by atoms with E-state index in [2.05, 4.69) is 0 Å². The van der Waals surface area contributed by atoms with Gasteiger partial charge in [-0.05, 0) is 42.8 Å². The molecule has 1 heterocycles. The molecule has 2 aromatic rings. The van der Waals surface area contributed by atoms with Crippen molar-refractivity contribution in [2.75, 3.05) is 43.4 Å². The van der Waals surface area contributed by atoms with Crippen LogP contribution < -0.4 is 9.64 Å².